The molecule has 3 heteroatoms. The Kier molecular flexibility index (Phi) is 3.77. The van der Waals surface area contributed by atoms with E-state index >= 15 is 0 Å². The summed E-state index contributed by atoms with van der Waals surface area (Å²) >= 11 is 1.94. The van der Waals surface area contributed by atoms with Gasteiger partial charge in [0, 0.05) is 0 Å². The van der Waals surface area contributed by atoms with E-state index in [4.69, 9.17) is 4.74 Å². The van der Waals surface area contributed by atoms with E-state index in [1.165, 1.54) is 12.9 Å². The topological polar surface area (TPSA) is 26.3 Å². The smallest absolute Gasteiger partial charge is 0.308 e. The van der Waals surface area contributed by atoms with Gasteiger partial charge in [-0.05, 0) is 30.8 Å². The van der Waals surface area contributed by atoms with Gasteiger partial charge in [0.25, 0.3) is 0 Å². The van der Waals surface area contributed by atoms with Crippen molar-refractivity contribution in [2.45, 2.75) is 19.3 Å². The highest BCUT2D eigenvalue weighted by molar-refractivity contribution is 7.99. The van der Waals surface area contributed by atoms with Crippen LogP contribution in [0.2, 0.25) is 0 Å². The molecular weight excluding hydrogens is 160 g/mol. The Hall–Kier alpha value is -0.180. The molecular formula is C8H14O2S. The van der Waals surface area contributed by atoms with Crippen molar-refractivity contribution in [3.8, 4) is 0 Å². The molecule has 0 aromatic heterocycles. The molecule has 0 saturated carbocycles. The van der Waals surface area contributed by atoms with Crippen molar-refractivity contribution < 1.29 is 9.53 Å². The first-order chi connectivity index (χ1) is 5.34. The zero-order valence-electron chi connectivity index (χ0n) is 6.84. The summed E-state index contributed by atoms with van der Waals surface area (Å²) in [6.45, 7) is 0. The lowest BCUT2D eigenvalue weighted by Crippen LogP contribution is -2.15. The molecule has 1 saturated heterocycles. The predicted octanol–water partition coefficient (Wildman–Crippen LogP) is 1.69. The number of hydrogen-bond donors (Lipinski definition) is 0. The molecule has 11 heavy (non-hydrogen) atoms. The number of carbonyl (C=O) groups excluding carboxylic acids is 1. The summed E-state index contributed by atoms with van der Waals surface area (Å²) in [5.74, 6) is 2.47. The molecule has 0 unspecified atom stereocenters. The quantitative estimate of drug-likeness (QED) is 0.566. The van der Waals surface area contributed by atoms with E-state index in [1.807, 2.05) is 11.8 Å². The van der Waals surface area contributed by atoms with E-state index < -0.39 is 0 Å². The standard InChI is InChI=1S/C8H14O2S/c1-10-8(9)7-3-2-5-11-6-4-7/h7H,2-6H2,1H3/t7-/m0/s1. The van der Waals surface area contributed by atoms with E-state index in [1.54, 1.807) is 0 Å². The van der Waals surface area contributed by atoms with Crippen LogP contribution in [0.5, 0.6) is 0 Å². The number of thioether (sulfide) groups is 1. The molecule has 0 spiro atoms. The van der Waals surface area contributed by atoms with Gasteiger partial charge in [-0.3, -0.25) is 4.79 Å². The maximum atomic E-state index is 11.1. The zero-order valence-corrected chi connectivity index (χ0v) is 7.65. The Morgan fingerprint density at radius 1 is 1.45 bits per heavy atom. The van der Waals surface area contributed by atoms with E-state index in [9.17, 15) is 4.79 Å². The number of rotatable bonds is 1. The van der Waals surface area contributed by atoms with Crippen LogP contribution >= 0.6 is 11.8 Å². The molecule has 64 valence electrons. The first kappa shape index (κ1) is 8.91. The van der Waals surface area contributed by atoms with E-state index in [-0.39, 0.29) is 11.9 Å². The van der Waals surface area contributed by atoms with E-state index in [0.29, 0.717) is 0 Å². The second-order valence-corrected chi connectivity index (χ2v) is 3.99. The number of methoxy groups -OCH3 is 1. The summed E-state index contributed by atoms with van der Waals surface area (Å²) in [5.41, 5.74) is 0. The molecule has 0 radical (unpaired) electrons. The summed E-state index contributed by atoms with van der Waals surface area (Å²) in [6.07, 6.45) is 3.17. The van der Waals surface area contributed by atoms with Crippen molar-refractivity contribution >= 4 is 17.7 Å². The summed E-state index contributed by atoms with van der Waals surface area (Å²) < 4.78 is 4.70. The largest absolute Gasteiger partial charge is 0.469 e. The zero-order chi connectivity index (χ0) is 8.10. The Labute approximate surface area is 71.7 Å². The molecule has 1 fully saturated rings. The minimum atomic E-state index is -0.0208. The fourth-order valence-electron chi connectivity index (χ4n) is 1.31. The van der Waals surface area contributed by atoms with Gasteiger partial charge in [0.1, 0.15) is 0 Å². The van der Waals surface area contributed by atoms with Crippen LogP contribution in [-0.4, -0.2) is 24.6 Å². The summed E-state index contributed by atoms with van der Waals surface area (Å²) in [4.78, 5) is 11.1. The first-order valence-corrected chi connectivity index (χ1v) is 5.15. The third-order valence-corrected chi connectivity index (χ3v) is 3.09. The highest BCUT2D eigenvalue weighted by Crippen LogP contribution is 2.22. The van der Waals surface area contributed by atoms with Crippen LogP contribution < -0.4 is 0 Å². The highest BCUT2D eigenvalue weighted by atomic mass is 32.2. The van der Waals surface area contributed by atoms with Crippen LogP contribution in [0, 0.1) is 5.92 Å². The molecule has 0 aromatic carbocycles. The molecule has 0 bridgehead atoms. The fraction of sp³-hybridized carbons (Fsp3) is 0.875. The highest BCUT2D eigenvalue weighted by Gasteiger charge is 2.20. The van der Waals surface area contributed by atoms with Gasteiger partial charge in [-0.1, -0.05) is 0 Å². The maximum Gasteiger partial charge on any atom is 0.308 e. The number of hydrogen-bond acceptors (Lipinski definition) is 3. The number of ether oxygens (including phenoxy) is 1. The lowest BCUT2D eigenvalue weighted by atomic mass is 10.0. The SMILES string of the molecule is COC(=O)[C@H]1CCCSCC1. The van der Waals surface area contributed by atoms with Crippen LogP contribution in [0.4, 0.5) is 0 Å². The van der Waals surface area contributed by atoms with Crippen molar-refractivity contribution in [2.24, 2.45) is 5.92 Å². The molecule has 1 heterocycles. The van der Waals surface area contributed by atoms with E-state index in [2.05, 4.69) is 0 Å². The third-order valence-electron chi connectivity index (χ3n) is 1.99. The second-order valence-electron chi connectivity index (χ2n) is 2.76. The summed E-state index contributed by atoms with van der Waals surface area (Å²) in [6, 6.07) is 0. The van der Waals surface area contributed by atoms with Gasteiger partial charge in [-0.2, -0.15) is 11.8 Å². The van der Waals surface area contributed by atoms with Gasteiger partial charge in [-0.25, -0.2) is 0 Å². The molecule has 1 atom stereocenters. The van der Waals surface area contributed by atoms with E-state index in [0.717, 1.165) is 25.0 Å². The molecule has 0 aromatic rings. The predicted molar refractivity (Wildman–Crippen MR) is 46.7 cm³/mol. The van der Waals surface area contributed by atoms with Gasteiger partial charge in [0.2, 0.25) is 0 Å². The van der Waals surface area contributed by atoms with Crippen molar-refractivity contribution in [1.82, 2.24) is 0 Å². The van der Waals surface area contributed by atoms with Crippen molar-refractivity contribution in [1.29, 1.82) is 0 Å². The lowest BCUT2D eigenvalue weighted by Gasteiger charge is -2.09. The summed E-state index contributed by atoms with van der Waals surface area (Å²) in [7, 11) is 1.47. The Balaban J connectivity index is 2.36. The minimum Gasteiger partial charge on any atom is -0.469 e. The van der Waals surface area contributed by atoms with Crippen LogP contribution in [0.15, 0.2) is 0 Å². The van der Waals surface area contributed by atoms with Gasteiger partial charge in [-0.15, -0.1) is 0 Å². The average molecular weight is 174 g/mol. The average Bonchev–Trinajstić information content (AvgIpc) is 2.30. The number of esters is 1. The van der Waals surface area contributed by atoms with Gasteiger partial charge >= 0.3 is 5.97 Å². The first-order valence-electron chi connectivity index (χ1n) is 4.00. The second kappa shape index (κ2) is 4.65. The van der Waals surface area contributed by atoms with Crippen LogP contribution in [-0.2, 0) is 9.53 Å². The molecule has 1 aliphatic rings. The Morgan fingerprint density at radius 2 is 2.27 bits per heavy atom. The van der Waals surface area contributed by atoms with Crippen molar-refractivity contribution in [3.05, 3.63) is 0 Å². The van der Waals surface area contributed by atoms with Gasteiger partial charge < -0.3 is 4.74 Å². The monoisotopic (exact) mass is 174 g/mol. The minimum absolute atomic E-state index is 0.0208. The van der Waals surface area contributed by atoms with Gasteiger partial charge in [0.05, 0.1) is 13.0 Å². The number of carbonyl (C=O) groups is 1. The Morgan fingerprint density at radius 3 is 3.00 bits per heavy atom. The van der Waals surface area contributed by atoms with Crippen LogP contribution in [0.1, 0.15) is 19.3 Å². The molecule has 0 N–H and O–H groups in total. The lowest BCUT2D eigenvalue weighted by molar-refractivity contribution is -0.145. The fourth-order valence-corrected chi connectivity index (χ4v) is 2.33. The van der Waals surface area contributed by atoms with Crippen LogP contribution in [0.3, 0.4) is 0 Å². The molecule has 1 aliphatic heterocycles. The van der Waals surface area contributed by atoms with Crippen LogP contribution in [0.25, 0.3) is 0 Å². The molecule has 0 amide bonds. The maximum absolute atomic E-state index is 11.1. The third kappa shape index (κ3) is 2.73. The van der Waals surface area contributed by atoms with Crippen molar-refractivity contribution in [3.63, 3.8) is 0 Å². The Bertz CT molecular complexity index is 128. The molecule has 1 rings (SSSR count). The molecule has 0 aliphatic carbocycles. The molecule has 2 nitrogen and oxygen atoms in total. The van der Waals surface area contributed by atoms with Crippen molar-refractivity contribution in [2.75, 3.05) is 18.6 Å². The summed E-state index contributed by atoms with van der Waals surface area (Å²) in [5, 5.41) is 0. The van der Waals surface area contributed by atoms with Gasteiger partial charge in [0.15, 0.2) is 0 Å². The normalized spacial score (nSPS) is 25.7.